The molecule has 1 aromatic heterocycles. The number of aromatic nitrogens is 1. The average molecular weight is 304 g/mol. The number of nitrogens with zero attached hydrogens (tertiary/aromatic N) is 2. The van der Waals surface area contributed by atoms with Crippen LogP contribution in [0.1, 0.15) is 24.2 Å². The van der Waals surface area contributed by atoms with Gasteiger partial charge in [-0.1, -0.05) is 11.6 Å². The highest BCUT2D eigenvalue weighted by molar-refractivity contribution is 6.29. The van der Waals surface area contributed by atoms with E-state index in [2.05, 4.69) is 29.0 Å². The van der Waals surface area contributed by atoms with Crippen molar-refractivity contribution in [1.82, 2.24) is 4.98 Å². The van der Waals surface area contributed by atoms with Gasteiger partial charge in [0.1, 0.15) is 5.15 Å². The van der Waals surface area contributed by atoms with Gasteiger partial charge in [0.2, 0.25) is 0 Å². The Hall–Kier alpha value is -2.07. The van der Waals surface area contributed by atoms with E-state index in [0.29, 0.717) is 10.7 Å². The van der Waals surface area contributed by atoms with Gasteiger partial charge < -0.3 is 10.2 Å². The summed E-state index contributed by atoms with van der Waals surface area (Å²) in [6, 6.07) is 11.0. The molecule has 1 aromatic carbocycles. The number of pyridine rings is 1. The lowest BCUT2D eigenvalue weighted by molar-refractivity contribution is 0.102. The molecule has 0 bridgehead atoms. The molecule has 1 amide bonds. The Morgan fingerprint density at radius 2 is 1.86 bits per heavy atom. The van der Waals surface area contributed by atoms with Crippen LogP contribution in [0.3, 0.4) is 0 Å². The Labute approximate surface area is 129 Å². The van der Waals surface area contributed by atoms with E-state index in [0.717, 1.165) is 24.5 Å². The molecule has 0 spiro atoms. The molecule has 2 rings (SSSR count). The van der Waals surface area contributed by atoms with Crippen LogP contribution in [0.15, 0.2) is 42.6 Å². The summed E-state index contributed by atoms with van der Waals surface area (Å²) in [5.41, 5.74) is 2.39. The number of anilines is 2. The number of hydrogen-bond acceptors (Lipinski definition) is 3. The molecule has 4 nitrogen and oxygen atoms in total. The zero-order valence-corrected chi connectivity index (χ0v) is 12.9. The van der Waals surface area contributed by atoms with Gasteiger partial charge in [0.05, 0.1) is 0 Å². The second-order valence-electron chi connectivity index (χ2n) is 4.54. The zero-order chi connectivity index (χ0) is 15.2. The topological polar surface area (TPSA) is 45.2 Å². The average Bonchev–Trinajstić information content (AvgIpc) is 2.50. The van der Waals surface area contributed by atoms with E-state index in [9.17, 15) is 4.79 Å². The highest BCUT2D eigenvalue weighted by Gasteiger charge is 2.07. The van der Waals surface area contributed by atoms with E-state index in [1.807, 2.05) is 24.3 Å². The lowest BCUT2D eigenvalue weighted by atomic mass is 10.2. The normalized spacial score (nSPS) is 10.2. The van der Waals surface area contributed by atoms with E-state index in [4.69, 9.17) is 11.6 Å². The predicted molar refractivity (Wildman–Crippen MR) is 87.2 cm³/mol. The number of benzene rings is 1. The third-order valence-corrected chi connectivity index (χ3v) is 3.45. The smallest absolute Gasteiger partial charge is 0.255 e. The van der Waals surface area contributed by atoms with E-state index < -0.39 is 0 Å². The Bertz CT molecular complexity index is 609. The fraction of sp³-hybridized carbons (Fsp3) is 0.250. The molecule has 0 saturated heterocycles. The van der Waals surface area contributed by atoms with E-state index in [-0.39, 0.29) is 5.91 Å². The van der Waals surface area contributed by atoms with Crippen LogP contribution in [0, 0.1) is 0 Å². The van der Waals surface area contributed by atoms with Gasteiger partial charge in [-0.25, -0.2) is 4.98 Å². The van der Waals surface area contributed by atoms with Gasteiger partial charge in [-0.05, 0) is 50.2 Å². The molecule has 0 atom stereocenters. The molecule has 0 aliphatic rings. The second kappa shape index (κ2) is 7.09. The fourth-order valence-electron chi connectivity index (χ4n) is 2.09. The Morgan fingerprint density at radius 3 is 2.43 bits per heavy atom. The highest BCUT2D eigenvalue weighted by Crippen LogP contribution is 2.18. The molecule has 0 aliphatic carbocycles. The van der Waals surface area contributed by atoms with Crippen LogP contribution >= 0.6 is 11.6 Å². The fourth-order valence-corrected chi connectivity index (χ4v) is 2.27. The van der Waals surface area contributed by atoms with Crippen molar-refractivity contribution in [3.05, 3.63) is 53.3 Å². The quantitative estimate of drug-likeness (QED) is 0.854. The minimum Gasteiger partial charge on any atom is -0.372 e. The molecule has 0 saturated carbocycles. The highest BCUT2D eigenvalue weighted by atomic mass is 35.5. The van der Waals surface area contributed by atoms with Crippen LogP contribution in [0.4, 0.5) is 11.4 Å². The molecule has 2 aromatic rings. The molecule has 0 fully saturated rings. The Morgan fingerprint density at radius 1 is 1.19 bits per heavy atom. The summed E-state index contributed by atoms with van der Waals surface area (Å²) in [5.74, 6) is -0.199. The summed E-state index contributed by atoms with van der Waals surface area (Å²) in [6.07, 6.45) is 1.51. The summed E-state index contributed by atoms with van der Waals surface area (Å²) in [5, 5.41) is 3.15. The van der Waals surface area contributed by atoms with Crippen molar-refractivity contribution in [1.29, 1.82) is 0 Å². The molecule has 1 N–H and O–H groups in total. The molecule has 0 unspecified atom stereocenters. The van der Waals surface area contributed by atoms with Crippen molar-refractivity contribution in [3.8, 4) is 0 Å². The van der Waals surface area contributed by atoms with Crippen molar-refractivity contribution in [2.75, 3.05) is 23.3 Å². The first-order valence-corrected chi connectivity index (χ1v) is 7.29. The molecular weight excluding hydrogens is 286 g/mol. The van der Waals surface area contributed by atoms with Crippen molar-refractivity contribution in [3.63, 3.8) is 0 Å². The molecule has 21 heavy (non-hydrogen) atoms. The van der Waals surface area contributed by atoms with Gasteiger partial charge in [-0.2, -0.15) is 0 Å². The van der Waals surface area contributed by atoms with Gasteiger partial charge in [0.15, 0.2) is 0 Å². The van der Waals surface area contributed by atoms with Gasteiger partial charge in [0.25, 0.3) is 5.91 Å². The Kier molecular flexibility index (Phi) is 5.17. The molecule has 0 aliphatic heterocycles. The summed E-state index contributed by atoms with van der Waals surface area (Å²) in [6.45, 7) is 6.15. The number of hydrogen-bond donors (Lipinski definition) is 1. The maximum absolute atomic E-state index is 12.1. The summed E-state index contributed by atoms with van der Waals surface area (Å²) < 4.78 is 0. The van der Waals surface area contributed by atoms with Crippen molar-refractivity contribution >= 4 is 28.9 Å². The van der Waals surface area contributed by atoms with Gasteiger partial charge in [-0.15, -0.1) is 0 Å². The van der Waals surface area contributed by atoms with Crippen LogP contribution in [0.2, 0.25) is 5.15 Å². The first-order chi connectivity index (χ1) is 10.1. The summed E-state index contributed by atoms with van der Waals surface area (Å²) in [4.78, 5) is 18.2. The van der Waals surface area contributed by atoms with Gasteiger partial charge in [0, 0.05) is 36.2 Å². The minimum absolute atomic E-state index is 0.199. The summed E-state index contributed by atoms with van der Waals surface area (Å²) >= 11 is 5.78. The number of carbonyl (C=O) groups excluding carboxylic acids is 1. The van der Waals surface area contributed by atoms with Crippen molar-refractivity contribution in [2.45, 2.75) is 13.8 Å². The number of amides is 1. The molecule has 1 heterocycles. The predicted octanol–water partition coefficient (Wildman–Crippen LogP) is 3.83. The lowest BCUT2D eigenvalue weighted by Gasteiger charge is -2.21. The zero-order valence-electron chi connectivity index (χ0n) is 12.1. The molecular formula is C16H18ClN3O. The van der Waals surface area contributed by atoms with Gasteiger partial charge >= 0.3 is 0 Å². The third-order valence-electron chi connectivity index (χ3n) is 3.24. The molecule has 5 heteroatoms. The lowest BCUT2D eigenvalue weighted by Crippen LogP contribution is -2.21. The maximum Gasteiger partial charge on any atom is 0.255 e. The number of halogens is 1. The first-order valence-electron chi connectivity index (χ1n) is 6.92. The van der Waals surface area contributed by atoms with Crippen LogP contribution < -0.4 is 10.2 Å². The third kappa shape index (κ3) is 3.95. The minimum atomic E-state index is -0.199. The van der Waals surface area contributed by atoms with Crippen LogP contribution in [0.25, 0.3) is 0 Å². The SMILES string of the molecule is CCN(CC)c1ccc(NC(=O)c2ccnc(Cl)c2)cc1. The Balaban J connectivity index is 2.08. The maximum atomic E-state index is 12.1. The van der Waals surface area contributed by atoms with Crippen LogP contribution in [0.5, 0.6) is 0 Å². The van der Waals surface area contributed by atoms with Crippen LogP contribution in [-0.2, 0) is 0 Å². The van der Waals surface area contributed by atoms with Crippen molar-refractivity contribution < 1.29 is 4.79 Å². The number of carbonyl (C=O) groups is 1. The van der Waals surface area contributed by atoms with E-state index >= 15 is 0 Å². The monoisotopic (exact) mass is 303 g/mol. The largest absolute Gasteiger partial charge is 0.372 e. The second-order valence-corrected chi connectivity index (χ2v) is 4.93. The van der Waals surface area contributed by atoms with Crippen LogP contribution in [-0.4, -0.2) is 24.0 Å². The van der Waals surface area contributed by atoms with Crippen molar-refractivity contribution in [2.24, 2.45) is 0 Å². The number of rotatable bonds is 5. The molecule has 110 valence electrons. The van der Waals surface area contributed by atoms with Gasteiger partial charge in [-0.3, -0.25) is 4.79 Å². The van der Waals surface area contributed by atoms with E-state index in [1.54, 1.807) is 12.1 Å². The number of nitrogens with one attached hydrogen (secondary N) is 1. The summed E-state index contributed by atoms with van der Waals surface area (Å²) in [7, 11) is 0. The molecule has 0 radical (unpaired) electrons. The standard InChI is InChI=1S/C16H18ClN3O/c1-3-20(4-2)14-7-5-13(6-8-14)19-16(21)12-9-10-18-15(17)11-12/h5-11H,3-4H2,1-2H3,(H,19,21). The first kappa shape index (κ1) is 15.3. The van der Waals surface area contributed by atoms with E-state index in [1.165, 1.54) is 6.20 Å².